The van der Waals surface area contributed by atoms with E-state index in [9.17, 15) is 14.4 Å². The number of carbonyl (C=O) groups excluding carboxylic acids is 2. The van der Waals surface area contributed by atoms with E-state index in [1.54, 1.807) is 24.3 Å². The van der Waals surface area contributed by atoms with Crippen molar-refractivity contribution in [3.8, 4) is 0 Å². The molecule has 0 aliphatic rings. The molecule has 6 nitrogen and oxygen atoms in total. The highest BCUT2D eigenvalue weighted by atomic mass is 35.5. The van der Waals surface area contributed by atoms with Gasteiger partial charge < -0.3 is 15.7 Å². The summed E-state index contributed by atoms with van der Waals surface area (Å²) < 4.78 is 0. The van der Waals surface area contributed by atoms with Crippen molar-refractivity contribution in [2.24, 2.45) is 0 Å². The summed E-state index contributed by atoms with van der Waals surface area (Å²) in [6, 6.07) is 5.31. The molecule has 3 N–H and O–H groups in total. The zero-order valence-electron chi connectivity index (χ0n) is 13.1. The van der Waals surface area contributed by atoms with Gasteiger partial charge >= 0.3 is 5.97 Å². The molecule has 0 aliphatic carbocycles. The van der Waals surface area contributed by atoms with Gasteiger partial charge in [0.1, 0.15) is 6.04 Å². The van der Waals surface area contributed by atoms with Crippen molar-refractivity contribution in [3.63, 3.8) is 0 Å². The molecule has 23 heavy (non-hydrogen) atoms. The van der Waals surface area contributed by atoms with Crippen LogP contribution in [0.3, 0.4) is 0 Å². The van der Waals surface area contributed by atoms with Crippen LogP contribution in [0.15, 0.2) is 24.3 Å². The minimum atomic E-state index is -1.07. The third-order valence-corrected chi connectivity index (χ3v) is 3.50. The van der Waals surface area contributed by atoms with E-state index in [0.717, 1.165) is 5.56 Å². The van der Waals surface area contributed by atoms with Gasteiger partial charge in [0.2, 0.25) is 11.8 Å². The monoisotopic (exact) mass is 340 g/mol. The molecule has 0 radical (unpaired) electrons. The van der Waals surface area contributed by atoms with Crippen molar-refractivity contribution in [2.45, 2.75) is 45.2 Å². The molecule has 2 amide bonds. The van der Waals surface area contributed by atoms with Gasteiger partial charge in [-0.25, -0.2) is 4.79 Å². The van der Waals surface area contributed by atoms with E-state index >= 15 is 0 Å². The quantitative estimate of drug-likeness (QED) is 0.676. The average molecular weight is 341 g/mol. The topological polar surface area (TPSA) is 95.5 Å². The van der Waals surface area contributed by atoms with Crippen LogP contribution in [0.25, 0.3) is 0 Å². The Morgan fingerprint density at radius 2 is 1.78 bits per heavy atom. The van der Waals surface area contributed by atoms with Crippen LogP contribution in [-0.4, -0.2) is 28.9 Å². The second kappa shape index (κ2) is 9.15. The highest BCUT2D eigenvalue weighted by Gasteiger charge is 2.22. The molecule has 0 heterocycles. The highest BCUT2D eigenvalue weighted by molar-refractivity contribution is 6.30. The number of carboxylic acid groups (broad SMARTS) is 1. The summed E-state index contributed by atoms with van der Waals surface area (Å²) >= 11 is 5.83. The minimum absolute atomic E-state index is 0.0469. The van der Waals surface area contributed by atoms with Crippen molar-refractivity contribution >= 4 is 29.4 Å². The largest absolute Gasteiger partial charge is 0.480 e. The molecule has 7 heteroatoms. The van der Waals surface area contributed by atoms with Crippen molar-refractivity contribution in [1.29, 1.82) is 0 Å². The average Bonchev–Trinajstić information content (AvgIpc) is 2.46. The lowest BCUT2D eigenvalue weighted by Crippen LogP contribution is -2.42. The molecule has 1 aromatic carbocycles. The smallest absolute Gasteiger partial charge is 0.326 e. The number of hydrogen-bond donors (Lipinski definition) is 3. The fourth-order valence-corrected chi connectivity index (χ4v) is 2.30. The first-order chi connectivity index (χ1) is 10.8. The Balaban J connectivity index is 2.80. The molecule has 0 saturated carbocycles. The van der Waals surface area contributed by atoms with E-state index in [2.05, 4.69) is 10.6 Å². The molecule has 0 bridgehead atoms. The predicted octanol–water partition coefficient (Wildman–Crippen LogP) is 2.28. The minimum Gasteiger partial charge on any atom is -0.480 e. The van der Waals surface area contributed by atoms with Gasteiger partial charge in [0.15, 0.2) is 0 Å². The Kier molecular flexibility index (Phi) is 7.54. The van der Waals surface area contributed by atoms with Gasteiger partial charge in [-0.15, -0.1) is 0 Å². The van der Waals surface area contributed by atoms with Gasteiger partial charge in [-0.05, 0) is 24.1 Å². The first kappa shape index (κ1) is 19.0. The lowest BCUT2D eigenvalue weighted by molar-refractivity contribution is -0.142. The summed E-state index contributed by atoms with van der Waals surface area (Å²) in [4.78, 5) is 34.6. The number of carboxylic acids is 1. The molecule has 1 aromatic rings. The van der Waals surface area contributed by atoms with E-state index < -0.39 is 24.0 Å². The summed E-state index contributed by atoms with van der Waals surface area (Å²) in [7, 11) is 0. The Hall–Kier alpha value is -2.08. The standard InChI is InChI=1S/C16H21ClN2O4/c1-3-4-13(16(22)23)19-15(21)9-14(18-10(2)20)11-5-7-12(17)8-6-11/h5-8,13-14H,3-4,9H2,1-2H3,(H,18,20)(H,19,21)(H,22,23). The second-order valence-electron chi connectivity index (χ2n) is 5.26. The van der Waals surface area contributed by atoms with Crippen molar-refractivity contribution < 1.29 is 19.5 Å². The van der Waals surface area contributed by atoms with E-state index in [1.807, 2.05) is 6.92 Å². The van der Waals surface area contributed by atoms with Crippen LogP contribution in [-0.2, 0) is 14.4 Å². The van der Waals surface area contributed by atoms with Gasteiger partial charge in [0.25, 0.3) is 0 Å². The second-order valence-corrected chi connectivity index (χ2v) is 5.69. The molecule has 0 saturated heterocycles. The molecular weight excluding hydrogens is 320 g/mol. The van der Waals surface area contributed by atoms with Crippen molar-refractivity contribution in [3.05, 3.63) is 34.9 Å². The van der Waals surface area contributed by atoms with Crippen LogP contribution in [0.2, 0.25) is 5.02 Å². The van der Waals surface area contributed by atoms with Crippen molar-refractivity contribution in [1.82, 2.24) is 10.6 Å². The van der Waals surface area contributed by atoms with Gasteiger partial charge in [0.05, 0.1) is 12.5 Å². The Morgan fingerprint density at radius 1 is 1.17 bits per heavy atom. The molecule has 0 spiro atoms. The molecule has 2 atom stereocenters. The maximum atomic E-state index is 12.1. The zero-order valence-corrected chi connectivity index (χ0v) is 13.9. The number of nitrogens with one attached hydrogen (secondary N) is 2. The van der Waals surface area contributed by atoms with E-state index in [4.69, 9.17) is 16.7 Å². The Bertz CT molecular complexity index is 560. The van der Waals surface area contributed by atoms with Crippen LogP contribution in [0, 0.1) is 0 Å². The summed E-state index contributed by atoms with van der Waals surface area (Å²) in [5.74, 6) is -1.77. The number of aliphatic carboxylic acids is 1. The maximum absolute atomic E-state index is 12.1. The molecule has 0 fully saturated rings. The van der Waals surface area contributed by atoms with Crippen LogP contribution < -0.4 is 10.6 Å². The van der Waals surface area contributed by atoms with Gasteiger partial charge in [-0.1, -0.05) is 37.1 Å². The third-order valence-electron chi connectivity index (χ3n) is 3.25. The molecule has 126 valence electrons. The fourth-order valence-electron chi connectivity index (χ4n) is 2.18. The van der Waals surface area contributed by atoms with Gasteiger partial charge in [-0.3, -0.25) is 9.59 Å². The SMILES string of the molecule is CCCC(NC(=O)CC(NC(C)=O)c1ccc(Cl)cc1)C(=O)O. The lowest BCUT2D eigenvalue weighted by atomic mass is 10.0. The predicted molar refractivity (Wildman–Crippen MR) is 87.1 cm³/mol. The summed E-state index contributed by atoms with van der Waals surface area (Å²) in [6.07, 6.45) is 0.949. The summed E-state index contributed by atoms with van der Waals surface area (Å²) in [6.45, 7) is 3.20. The number of amides is 2. The van der Waals surface area contributed by atoms with Crippen LogP contribution >= 0.6 is 11.6 Å². The van der Waals surface area contributed by atoms with Crippen LogP contribution in [0.5, 0.6) is 0 Å². The van der Waals surface area contributed by atoms with Gasteiger partial charge in [-0.2, -0.15) is 0 Å². The number of halogens is 1. The fraction of sp³-hybridized carbons (Fsp3) is 0.438. The van der Waals surface area contributed by atoms with Crippen LogP contribution in [0.4, 0.5) is 0 Å². The van der Waals surface area contributed by atoms with Gasteiger partial charge in [0, 0.05) is 11.9 Å². The molecule has 0 aliphatic heterocycles. The number of hydrogen-bond acceptors (Lipinski definition) is 3. The number of carbonyl (C=O) groups is 3. The number of rotatable bonds is 8. The van der Waals surface area contributed by atoms with Crippen molar-refractivity contribution in [2.75, 3.05) is 0 Å². The normalized spacial score (nSPS) is 13.0. The molecule has 2 unspecified atom stereocenters. The highest BCUT2D eigenvalue weighted by Crippen LogP contribution is 2.19. The first-order valence-corrected chi connectivity index (χ1v) is 7.76. The first-order valence-electron chi connectivity index (χ1n) is 7.38. The molecule has 1 rings (SSSR count). The molecule has 0 aromatic heterocycles. The lowest BCUT2D eigenvalue weighted by Gasteiger charge is -2.20. The third kappa shape index (κ3) is 6.69. The molecular formula is C16H21ClN2O4. The summed E-state index contributed by atoms with van der Waals surface area (Å²) in [5, 5.41) is 14.8. The van der Waals surface area contributed by atoms with E-state index in [0.29, 0.717) is 17.9 Å². The van der Waals surface area contributed by atoms with Crippen LogP contribution in [0.1, 0.15) is 44.7 Å². The van der Waals surface area contributed by atoms with E-state index in [1.165, 1.54) is 6.92 Å². The Morgan fingerprint density at radius 3 is 2.26 bits per heavy atom. The maximum Gasteiger partial charge on any atom is 0.326 e. The Labute approximate surface area is 140 Å². The number of benzene rings is 1. The van der Waals surface area contributed by atoms with E-state index in [-0.39, 0.29) is 12.3 Å². The summed E-state index contributed by atoms with van der Waals surface area (Å²) in [5.41, 5.74) is 0.724. The zero-order chi connectivity index (χ0) is 17.4.